The Bertz CT molecular complexity index is 534. The van der Waals surface area contributed by atoms with Crippen LogP contribution in [0, 0.1) is 0 Å². The molecular weight excluding hydrogens is 298 g/mol. The lowest BCUT2D eigenvalue weighted by Crippen LogP contribution is -2.32. The highest BCUT2D eigenvalue weighted by Crippen LogP contribution is 2.10. The number of rotatable bonds is 3. The van der Waals surface area contributed by atoms with E-state index in [-0.39, 0.29) is 12.2 Å². The number of aromatic hydroxyl groups is 1. The van der Waals surface area contributed by atoms with Gasteiger partial charge in [0.05, 0.1) is 0 Å². The van der Waals surface area contributed by atoms with Crippen LogP contribution in [0.2, 0.25) is 0 Å². The van der Waals surface area contributed by atoms with E-state index < -0.39 is 12.0 Å². The largest absolute Gasteiger partial charge is 0.508 e. The number of phenols is 1. The van der Waals surface area contributed by atoms with Crippen LogP contribution in [0.25, 0.3) is 0 Å². The Morgan fingerprint density at radius 2 is 1.50 bits per heavy atom. The SMILES string of the molecule is NC(Cc1ccc(O)cc1)C(=O)O.c1ccccsccc1. The van der Waals surface area contributed by atoms with E-state index in [1.54, 1.807) is 23.5 Å². The Labute approximate surface area is 133 Å². The van der Waals surface area contributed by atoms with Gasteiger partial charge in [-0.25, -0.2) is 0 Å². The summed E-state index contributed by atoms with van der Waals surface area (Å²) in [4.78, 5) is 10.4. The molecule has 1 heterocycles. The van der Waals surface area contributed by atoms with Crippen molar-refractivity contribution in [3.63, 3.8) is 0 Å². The van der Waals surface area contributed by atoms with Gasteiger partial charge in [0.15, 0.2) is 0 Å². The van der Waals surface area contributed by atoms with E-state index in [0.29, 0.717) is 0 Å². The molecule has 0 aliphatic heterocycles. The average Bonchev–Trinajstić information content (AvgIpc) is 2.66. The van der Waals surface area contributed by atoms with Gasteiger partial charge in [0.1, 0.15) is 11.8 Å². The quantitative estimate of drug-likeness (QED) is 0.811. The van der Waals surface area contributed by atoms with Gasteiger partial charge >= 0.3 is 5.97 Å². The summed E-state index contributed by atoms with van der Waals surface area (Å²) in [5, 5.41) is 21.6. The maximum absolute atomic E-state index is 10.4. The van der Waals surface area contributed by atoms with Gasteiger partial charge in [0.2, 0.25) is 0 Å². The van der Waals surface area contributed by atoms with Crippen molar-refractivity contribution in [3.05, 3.63) is 77.0 Å². The maximum atomic E-state index is 10.4. The number of benzene rings is 1. The van der Waals surface area contributed by atoms with E-state index in [9.17, 15) is 4.79 Å². The molecule has 1 aromatic carbocycles. The molecule has 0 radical (unpaired) electrons. The summed E-state index contributed by atoms with van der Waals surface area (Å²) >= 11 is 1.68. The van der Waals surface area contributed by atoms with Crippen LogP contribution >= 0.6 is 11.3 Å². The summed E-state index contributed by atoms with van der Waals surface area (Å²) in [6, 6.07) is 17.5. The third kappa shape index (κ3) is 8.04. The zero-order valence-electron chi connectivity index (χ0n) is 12.0. The van der Waals surface area contributed by atoms with Crippen LogP contribution < -0.4 is 5.73 Å². The first kappa shape index (κ1) is 17.7. The molecule has 116 valence electrons. The van der Waals surface area contributed by atoms with Crippen molar-refractivity contribution in [2.24, 2.45) is 5.73 Å². The van der Waals surface area contributed by atoms with E-state index >= 15 is 0 Å². The molecule has 0 aliphatic rings. The predicted molar refractivity (Wildman–Crippen MR) is 89.4 cm³/mol. The van der Waals surface area contributed by atoms with Gasteiger partial charge in [-0.05, 0) is 34.9 Å². The van der Waals surface area contributed by atoms with Crippen LogP contribution in [0.5, 0.6) is 5.75 Å². The van der Waals surface area contributed by atoms with Crippen LogP contribution in [0.4, 0.5) is 0 Å². The highest BCUT2D eigenvalue weighted by molar-refractivity contribution is 7.07. The number of carbonyl (C=O) groups is 1. The Morgan fingerprint density at radius 3 is 2.00 bits per heavy atom. The first-order valence-corrected chi connectivity index (χ1v) is 7.60. The fourth-order valence-corrected chi connectivity index (χ4v) is 1.91. The van der Waals surface area contributed by atoms with Crippen molar-refractivity contribution in [1.82, 2.24) is 0 Å². The van der Waals surface area contributed by atoms with Gasteiger partial charge in [0, 0.05) is 0 Å². The molecule has 4 N–H and O–H groups in total. The molecule has 0 spiro atoms. The lowest BCUT2D eigenvalue weighted by Gasteiger charge is -2.05. The van der Waals surface area contributed by atoms with Crippen molar-refractivity contribution in [3.8, 4) is 5.75 Å². The molecule has 0 saturated heterocycles. The van der Waals surface area contributed by atoms with Gasteiger partial charge in [0.25, 0.3) is 0 Å². The number of hydrogen-bond donors (Lipinski definition) is 3. The van der Waals surface area contributed by atoms with E-state index in [0.717, 1.165) is 5.56 Å². The van der Waals surface area contributed by atoms with Gasteiger partial charge < -0.3 is 15.9 Å². The summed E-state index contributed by atoms with van der Waals surface area (Å²) in [5.41, 5.74) is 6.12. The van der Waals surface area contributed by atoms with E-state index in [4.69, 9.17) is 15.9 Å². The van der Waals surface area contributed by atoms with Crippen molar-refractivity contribution in [1.29, 1.82) is 0 Å². The molecule has 22 heavy (non-hydrogen) atoms. The zero-order chi connectivity index (χ0) is 16.2. The highest BCUT2D eigenvalue weighted by atomic mass is 32.1. The normalized spacial score (nSPS) is 10.6. The Hall–Kier alpha value is -2.37. The topological polar surface area (TPSA) is 83.5 Å². The minimum atomic E-state index is -1.02. The first-order valence-electron chi connectivity index (χ1n) is 6.66. The fourth-order valence-electron chi connectivity index (χ4n) is 1.46. The van der Waals surface area contributed by atoms with Crippen LogP contribution in [0.15, 0.2) is 71.4 Å². The van der Waals surface area contributed by atoms with Crippen LogP contribution in [0.3, 0.4) is 0 Å². The van der Waals surface area contributed by atoms with Crippen LogP contribution in [0.1, 0.15) is 5.56 Å². The smallest absolute Gasteiger partial charge is 0.320 e. The molecule has 0 amide bonds. The van der Waals surface area contributed by atoms with Crippen molar-refractivity contribution in [2.45, 2.75) is 12.5 Å². The van der Waals surface area contributed by atoms with Gasteiger partial charge in [-0.3, -0.25) is 4.79 Å². The molecule has 0 fully saturated rings. The lowest BCUT2D eigenvalue weighted by atomic mass is 10.1. The number of carboxylic acids is 1. The Kier molecular flexibility index (Phi) is 8.33. The molecule has 5 heteroatoms. The van der Waals surface area contributed by atoms with E-state index in [1.807, 2.05) is 47.2 Å². The molecule has 1 aromatic heterocycles. The van der Waals surface area contributed by atoms with Gasteiger partial charge in [-0.15, -0.1) is 0 Å². The highest BCUT2D eigenvalue weighted by Gasteiger charge is 2.11. The predicted octanol–water partition coefficient (Wildman–Crippen LogP) is 3.22. The standard InChI is InChI=1S/C9H11NO3.C8H8S/c10-8(9(12)13)5-6-1-3-7(11)4-2-6;1-2-4-6-8-9-7-5-3-1/h1-4,8,11H,5,10H2,(H,12,13);1-8H. The number of carboxylic acid groups (broad SMARTS) is 1. The molecule has 0 saturated carbocycles. The van der Waals surface area contributed by atoms with Gasteiger partial charge in [-0.2, -0.15) is 11.3 Å². The second-order valence-corrected chi connectivity index (χ2v) is 5.19. The molecule has 1 atom stereocenters. The van der Waals surface area contributed by atoms with Crippen LogP contribution in [-0.4, -0.2) is 22.2 Å². The summed E-state index contributed by atoms with van der Waals surface area (Å²) in [7, 11) is 0. The molecule has 0 aliphatic carbocycles. The lowest BCUT2D eigenvalue weighted by molar-refractivity contribution is -0.138. The zero-order valence-corrected chi connectivity index (χ0v) is 12.8. The maximum Gasteiger partial charge on any atom is 0.320 e. The Morgan fingerprint density at radius 1 is 1.00 bits per heavy atom. The second-order valence-electron chi connectivity index (χ2n) is 4.38. The number of nitrogens with two attached hydrogens (primary N) is 1. The number of hydrogen-bond acceptors (Lipinski definition) is 4. The molecule has 2 rings (SSSR count). The minimum Gasteiger partial charge on any atom is -0.508 e. The van der Waals surface area contributed by atoms with Gasteiger partial charge in [-0.1, -0.05) is 48.5 Å². The third-order valence-electron chi connectivity index (χ3n) is 2.58. The minimum absolute atomic E-state index is 0.160. The average molecular weight is 317 g/mol. The fraction of sp³-hybridized carbons (Fsp3) is 0.118. The Balaban J connectivity index is 0.000000235. The van der Waals surface area contributed by atoms with E-state index in [1.165, 1.54) is 12.1 Å². The summed E-state index contributed by atoms with van der Waals surface area (Å²) in [5.74, 6) is -0.860. The summed E-state index contributed by atoms with van der Waals surface area (Å²) in [6.45, 7) is 0. The third-order valence-corrected chi connectivity index (χ3v) is 3.21. The number of aliphatic carboxylic acids is 1. The van der Waals surface area contributed by atoms with E-state index in [2.05, 4.69) is 0 Å². The molecule has 1 unspecified atom stereocenters. The van der Waals surface area contributed by atoms with Crippen molar-refractivity contribution < 1.29 is 15.0 Å². The van der Waals surface area contributed by atoms with Crippen LogP contribution in [-0.2, 0) is 11.2 Å². The molecular formula is C17H19NO3S. The molecule has 2 aromatic rings. The van der Waals surface area contributed by atoms with Crippen molar-refractivity contribution >= 4 is 17.3 Å². The summed E-state index contributed by atoms with van der Waals surface area (Å²) < 4.78 is 0. The van der Waals surface area contributed by atoms with Crippen molar-refractivity contribution in [2.75, 3.05) is 0 Å². The summed E-state index contributed by atoms with van der Waals surface area (Å²) in [6.07, 6.45) is 0.273. The monoisotopic (exact) mass is 317 g/mol. The molecule has 4 nitrogen and oxygen atoms in total. The first-order chi connectivity index (χ1) is 10.6. The number of phenolic OH excluding ortho intramolecular Hbond substituents is 1. The molecule has 0 bridgehead atoms. The second kappa shape index (κ2) is 10.4.